The molecule has 1 aromatic carbocycles. The molecular weight excluding hydrogens is 292 g/mol. The van der Waals surface area contributed by atoms with Crippen LogP contribution in [-0.2, 0) is 0 Å². The van der Waals surface area contributed by atoms with E-state index >= 15 is 0 Å². The first-order valence-corrected chi connectivity index (χ1v) is 8.30. The fraction of sp³-hybridized carbons (Fsp3) is 0.333. The van der Waals surface area contributed by atoms with E-state index in [4.69, 9.17) is 14.7 Å². The molecule has 1 aliphatic rings. The predicted molar refractivity (Wildman–Crippen MR) is 94.1 cm³/mol. The van der Waals surface area contributed by atoms with Crippen molar-refractivity contribution in [1.29, 1.82) is 0 Å². The molecule has 0 radical (unpaired) electrons. The fourth-order valence-electron chi connectivity index (χ4n) is 2.28. The van der Waals surface area contributed by atoms with Gasteiger partial charge in [0.15, 0.2) is 0 Å². The number of hydrogen-bond acceptors (Lipinski definition) is 4. The summed E-state index contributed by atoms with van der Waals surface area (Å²) in [4.78, 5) is 10.6. The van der Waals surface area contributed by atoms with Gasteiger partial charge in [0.05, 0.1) is 11.0 Å². The van der Waals surface area contributed by atoms with Gasteiger partial charge in [-0.3, -0.25) is 0 Å². The molecule has 0 spiro atoms. The Morgan fingerprint density at radius 2 is 1.91 bits per heavy atom. The molecule has 0 bridgehead atoms. The van der Waals surface area contributed by atoms with Crippen LogP contribution in [0.2, 0.25) is 0 Å². The molecule has 0 saturated carbocycles. The van der Waals surface area contributed by atoms with Crippen LogP contribution >= 0.6 is 11.8 Å². The molecule has 2 heterocycles. The number of rotatable bonds is 3. The highest BCUT2D eigenvalue weighted by Gasteiger charge is 2.24. The first-order chi connectivity index (χ1) is 10.5. The van der Waals surface area contributed by atoms with Crippen LogP contribution in [-0.4, -0.2) is 20.8 Å². The predicted octanol–water partition coefficient (Wildman–Crippen LogP) is 4.84. The molecule has 22 heavy (non-hydrogen) atoms. The highest BCUT2D eigenvalue weighted by molar-refractivity contribution is 8.09. The molecule has 1 atom stereocenters. The third kappa shape index (κ3) is 3.17. The van der Waals surface area contributed by atoms with Gasteiger partial charge in [-0.2, -0.15) is 0 Å². The number of thioether (sulfide) groups is 1. The van der Waals surface area contributed by atoms with Crippen molar-refractivity contribution in [1.82, 2.24) is 9.97 Å². The maximum absolute atomic E-state index is 6.07. The van der Waals surface area contributed by atoms with Crippen LogP contribution in [0.1, 0.15) is 32.9 Å². The first kappa shape index (κ1) is 15.1. The van der Waals surface area contributed by atoms with Gasteiger partial charge in [0.25, 0.3) is 0 Å². The standard InChI is InChI=1S/C18H20N2OS/c1-5-12-10-11-15(22-12)16-17(21-18(2,3)4)20-14-9-7-6-8-13(14)19-16/h5-9,11-12H,1,10H2,2-4H3. The largest absolute Gasteiger partial charge is 0.470 e. The van der Waals surface area contributed by atoms with Gasteiger partial charge in [-0.05, 0) is 39.3 Å². The molecular formula is C18H20N2OS. The van der Waals surface area contributed by atoms with Crippen molar-refractivity contribution >= 4 is 27.7 Å². The zero-order chi connectivity index (χ0) is 15.7. The molecule has 4 heteroatoms. The average molecular weight is 312 g/mol. The van der Waals surface area contributed by atoms with Gasteiger partial charge in [0.2, 0.25) is 5.88 Å². The number of fused-ring (bicyclic) bond motifs is 1. The molecule has 0 saturated heterocycles. The van der Waals surface area contributed by atoms with E-state index in [9.17, 15) is 0 Å². The Morgan fingerprint density at radius 1 is 1.23 bits per heavy atom. The SMILES string of the molecule is C=CC1CC=C(c2nc3ccccc3nc2OC(C)(C)C)S1. The monoisotopic (exact) mass is 312 g/mol. The molecule has 0 fully saturated rings. The molecule has 0 amide bonds. The summed E-state index contributed by atoms with van der Waals surface area (Å²) in [5, 5.41) is 0.408. The molecule has 1 aromatic heterocycles. The van der Waals surface area contributed by atoms with E-state index in [-0.39, 0.29) is 5.60 Å². The number of allylic oxidation sites excluding steroid dienone is 1. The Balaban J connectivity index is 2.09. The Kier molecular flexibility index (Phi) is 3.96. The summed E-state index contributed by atoms with van der Waals surface area (Å²) >= 11 is 1.77. The van der Waals surface area contributed by atoms with Crippen molar-refractivity contribution in [3.05, 3.63) is 48.7 Å². The van der Waals surface area contributed by atoms with Crippen molar-refractivity contribution < 1.29 is 4.74 Å². The highest BCUT2D eigenvalue weighted by Crippen LogP contribution is 2.42. The van der Waals surface area contributed by atoms with E-state index in [1.165, 1.54) is 0 Å². The maximum Gasteiger partial charge on any atom is 0.242 e. The van der Waals surface area contributed by atoms with Crippen LogP contribution < -0.4 is 4.74 Å². The van der Waals surface area contributed by atoms with Gasteiger partial charge in [-0.25, -0.2) is 9.97 Å². The first-order valence-electron chi connectivity index (χ1n) is 7.42. The Morgan fingerprint density at radius 3 is 2.50 bits per heavy atom. The Hall–Kier alpha value is -1.81. The summed E-state index contributed by atoms with van der Waals surface area (Å²) < 4.78 is 6.07. The zero-order valence-electron chi connectivity index (χ0n) is 13.2. The minimum atomic E-state index is -0.312. The fourth-order valence-corrected chi connectivity index (χ4v) is 3.34. The normalized spacial score (nSPS) is 18.3. The van der Waals surface area contributed by atoms with Crippen molar-refractivity contribution in [3.63, 3.8) is 0 Å². The summed E-state index contributed by atoms with van der Waals surface area (Å²) in [5.74, 6) is 0.606. The Labute approximate surface area is 135 Å². The van der Waals surface area contributed by atoms with E-state index in [1.54, 1.807) is 11.8 Å². The van der Waals surface area contributed by atoms with E-state index in [1.807, 2.05) is 51.1 Å². The second kappa shape index (κ2) is 5.76. The molecule has 114 valence electrons. The molecule has 0 aliphatic carbocycles. The summed E-state index contributed by atoms with van der Waals surface area (Å²) in [6.07, 6.45) is 5.16. The second-order valence-electron chi connectivity index (χ2n) is 6.28. The molecule has 0 N–H and O–H groups in total. The third-order valence-electron chi connectivity index (χ3n) is 3.25. The molecule has 1 aliphatic heterocycles. The smallest absolute Gasteiger partial charge is 0.242 e. The quantitative estimate of drug-likeness (QED) is 0.760. The van der Waals surface area contributed by atoms with E-state index in [2.05, 4.69) is 12.7 Å². The van der Waals surface area contributed by atoms with E-state index < -0.39 is 0 Å². The van der Waals surface area contributed by atoms with Crippen molar-refractivity contribution in [2.24, 2.45) is 0 Å². The summed E-state index contributed by atoms with van der Waals surface area (Å²) in [7, 11) is 0. The van der Waals surface area contributed by atoms with E-state index in [0.29, 0.717) is 11.1 Å². The number of para-hydroxylation sites is 2. The topological polar surface area (TPSA) is 35.0 Å². The average Bonchev–Trinajstić information content (AvgIpc) is 2.93. The van der Waals surface area contributed by atoms with Crippen molar-refractivity contribution in [2.75, 3.05) is 0 Å². The van der Waals surface area contributed by atoms with Gasteiger partial charge >= 0.3 is 0 Å². The Bertz CT molecular complexity index is 746. The third-order valence-corrected chi connectivity index (χ3v) is 4.55. The minimum Gasteiger partial charge on any atom is -0.470 e. The van der Waals surface area contributed by atoms with Crippen molar-refractivity contribution in [2.45, 2.75) is 38.0 Å². The molecule has 3 nitrogen and oxygen atoms in total. The van der Waals surface area contributed by atoms with Gasteiger partial charge in [0, 0.05) is 10.2 Å². The summed E-state index contributed by atoms with van der Waals surface area (Å²) in [5.41, 5.74) is 2.27. The van der Waals surface area contributed by atoms with Gasteiger partial charge < -0.3 is 4.74 Å². The molecule has 2 aromatic rings. The molecule has 1 unspecified atom stereocenters. The van der Waals surface area contributed by atoms with Crippen LogP contribution in [0.15, 0.2) is 43.0 Å². The molecule has 3 rings (SSSR count). The van der Waals surface area contributed by atoms with E-state index in [0.717, 1.165) is 28.1 Å². The van der Waals surface area contributed by atoms with Crippen LogP contribution in [0.25, 0.3) is 15.9 Å². The van der Waals surface area contributed by atoms with Gasteiger partial charge in [-0.15, -0.1) is 18.3 Å². The number of hydrogen-bond donors (Lipinski definition) is 0. The number of benzene rings is 1. The highest BCUT2D eigenvalue weighted by atomic mass is 32.2. The summed E-state index contributed by atoms with van der Waals surface area (Å²) in [6.45, 7) is 9.95. The lowest BCUT2D eigenvalue weighted by molar-refractivity contribution is 0.123. The number of aromatic nitrogens is 2. The van der Waals surface area contributed by atoms with Crippen LogP contribution in [0.4, 0.5) is 0 Å². The summed E-state index contributed by atoms with van der Waals surface area (Å²) in [6, 6.07) is 7.89. The number of nitrogens with zero attached hydrogens (tertiary/aromatic N) is 2. The van der Waals surface area contributed by atoms with Gasteiger partial charge in [0.1, 0.15) is 11.3 Å². The lowest BCUT2D eigenvalue weighted by Crippen LogP contribution is -2.24. The number of ether oxygens (including phenoxy) is 1. The lowest BCUT2D eigenvalue weighted by atomic mass is 10.2. The van der Waals surface area contributed by atoms with Crippen LogP contribution in [0.3, 0.4) is 0 Å². The maximum atomic E-state index is 6.07. The minimum absolute atomic E-state index is 0.312. The van der Waals surface area contributed by atoms with Crippen LogP contribution in [0, 0.1) is 0 Å². The van der Waals surface area contributed by atoms with Crippen LogP contribution in [0.5, 0.6) is 5.88 Å². The van der Waals surface area contributed by atoms with Crippen molar-refractivity contribution in [3.8, 4) is 5.88 Å². The van der Waals surface area contributed by atoms with Gasteiger partial charge in [-0.1, -0.05) is 24.3 Å². The lowest BCUT2D eigenvalue weighted by Gasteiger charge is -2.22. The second-order valence-corrected chi connectivity index (χ2v) is 7.56. The zero-order valence-corrected chi connectivity index (χ0v) is 14.0.